The summed E-state index contributed by atoms with van der Waals surface area (Å²) in [5.41, 5.74) is 8.84. The number of anilines is 2. The van der Waals surface area contributed by atoms with Gasteiger partial charge in [-0.25, -0.2) is 4.98 Å². The number of nitrogens with two attached hydrogens (primary N) is 1. The number of nitrogen functional groups attached to an aromatic ring is 1. The Labute approximate surface area is 101 Å². The van der Waals surface area contributed by atoms with E-state index in [4.69, 9.17) is 5.73 Å². The highest BCUT2D eigenvalue weighted by Crippen LogP contribution is 2.16. The van der Waals surface area contributed by atoms with Gasteiger partial charge in [0.15, 0.2) is 0 Å². The molecular formula is C13H18N4. The van der Waals surface area contributed by atoms with Crippen molar-refractivity contribution < 1.29 is 0 Å². The van der Waals surface area contributed by atoms with E-state index in [1.807, 2.05) is 25.3 Å². The Morgan fingerprint density at radius 1 is 1.41 bits per heavy atom. The normalized spacial score (nSPS) is 10.4. The first kappa shape index (κ1) is 11.5. The molecule has 17 heavy (non-hydrogen) atoms. The Bertz CT molecular complexity index is 462. The topological polar surface area (TPSA) is 66.7 Å². The molecule has 0 unspecified atom stereocenters. The number of aromatic amines is 1. The summed E-state index contributed by atoms with van der Waals surface area (Å²) in [6.45, 7) is 2.95. The Morgan fingerprint density at radius 2 is 2.29 bits per heavy atom. The van der Waals surface area contributed by atoms with Crippen molar-refractivity contribution >= 4 is 11.4 Å². The van der Waals surface area contributed by atoms with Gasteiger partial charge in [0.1, 0.15) is 5.82 Å². The zero-order chi connectivity index (χ0) is 12.1. The third-order valence-corrected chi connectivity index (χ3v) is 2.74. The lowest BCUT2D eigenvalue weighted by Crippen LogP contribution is -2.04. The van der Waals surface area contributed by atoms with Crippen molar-refractivity contribution in [2.24, 2.45) is 0 Å². The Kier molecular flexibility index (Phi) is 3.65. The molecule has 0 aliphatic heterocycles. The van der Waals surface area contributed by atoms with Gasteiger partial charge in [0, 0.05) is 36.7 Å². The summed E-state index contributed by atoms with van der Waals surface area (Å²) in [5, 5.41) is 3.38. The van der Waals surface area contributed by atoms with E-state index in [9.17, 15) is 0 Å². The van der Waals surface area contributed by atoms with E-state index in [1.54, 1.807) is 6.20 Å². The molecule has 1 heterocycles. The van der Waals surface area contributed by atoms with E-state index in [2.05, 4.69) is 21.4 Å². The van der Waals surface area contributed by atoms with Crippen molar-refractivity contribution in [2.75, 3.05) is 17.6 Å². The first-order valence-electron chi connectivity index (χ1n) is 5.84. The highest BCUT2D eigenvalue weighted by Gasteiger charge is 1.97. The van der Waals surface area contributed by atoms with Gasteiger partial charge in [-0.1, -0.05) is 0 Å². The maximum Gasteiger partial charge on any atom is 0.106 e. The standard InChI is InChI=1S/C13H18N4/c1-10-9-11(4-5-12(10)14)15-6-2-3-13-16-7-8-17-13/h4-5,7-9,15H,2-3,6,14H2,1H3,(H,16,17). The molecule has 0 aliphatic rings. The highest BCUT2D eigenvalue weighted by atomic mass is 14.9. The second kappa shape index (κ2) is 5.39. The fourth-order valence-corrected chi connectivity index (χ4v) is 1.71. The average Bonchev–Trinajstić information content (AvgIpc) is 2.82. The number of hydrogen-bond acceptors (Lipinski definition) is 3. The van der Waals surface area contributed by atoms with Crippen LogP contribution in [0.2, 0.25) is 0 Å². The van der Waals surface area contributed by atoms with Crippen LogP contribution in [-0.4, -0.2) is 16.5 Å². The summed E-state index contributed by atoms with van der Waals surface area (Å²) in [5.74, 6) is 1.04. The SMILES string of the molecule is Cc1cc(NCCCc2ncc[nH]2)ccc1N. The molecule has 0 spiro atoms. The lowest BCUT2D eigenvalue weighted by Gasteiger charge is -2.08. The van der Waals surface area contributed by atoms with Gasteiger partial charge in [0.05, 0.1) is 0 Å². The van der Waals surface area contributed by atoms with Gasteiger partial charge < -0.3 is 16.0 Å². The first-order valence-corrected chi connectivity index (χ1v) is 5.84. The molecule has 4 heteroatoms. The molecule has 0 atom stereocenters. The lowest BCUT2D eigenvalue weighted by molar-refractivity contribution is 0.816. The zero-order valence-electron chi connectivity index (χ0n) is 10.0. The van der Waals surface area contributed by atoms with Crippen molar-refractivity contribution in [3.05, 3.63) is 42.0 Å². The van der Waals surface area contributed by atoms with Gasteiger partial charge in [0.2, 0.25) is 0 Å². The maximum absolute atomic E-state index is 5.77. The van der Waals surface area contributed by atoms with Crippen LogP contribution in [0.3, 0.4) is 0 Å². The third kappa shape index (κ3) is 3.24. The smallest absolute Gasteiger partial charge is 0.106 e. The van der Waals surface area contributed by atoms with E-state index in [1.165, 1.54) is 0 Å². The molecule has 90 valence electrons. The molecule has 4 nitrogen and oxygen atoms in total. The summed E-state index contributed by atoms with van der Waals surface area (Å²) >= 11 is 0. The molecule has 0 saturated heterocycles. The first-order chi connectivity index (χ1) is 8.25. The second-order valence-corrected chi connectivity index (χ2v) is 4.14. The number of hydrogen-bond donors (Lipinski definition) is 3. The Hall–Kier alpha value is -1.97. The fraction of sp³-hybridized carbons (Fsp3) is 0.308. The van der Waals surface area contributed by atoms with Crippen LogP contribution in [0.25, 0.3) is 0 Å². The quantitative estimate of drug-likeness (QED) is 0.545. The molecule has 2 aromatic rings. The molecule has 0 aliphatic carbocycles. The van der Waals surface area contributed by atoms with Crippen LogP contribution < -0.4 is 11.1 Å². The van der Waals surface area contributed by atoms with Gasteiger partial charge in [-0.15, -0.1) is 0 Å². The Balaban J connectivity index is 1.76. The number of benzene rings is 1. The predicted molar refractivity (Wildman–Crippen MR) is 71.0 cm³/mol. The molecule has 0 radical (unpaired) electrons. The fourth-order valence-electron chi connectivity index (χ4n) is 1.71. The van der Waals surface area contributed by atoms with Crippen LogP contribution in [0.15, 0.2) is 30.6 Å². The van der Waals surface area contributed by atoms with E-state index >= 15 is 0 Å². The molecule has 4 N–H and O–H groups in total. The van der Waals surface area contributed by atoms with Crippen molar-refractivity contribution in [2.45, 2.75) is 19.8 Å². The minimum absolute atomic E-state index is 0.839. The van der Waals surface area contributed by atoms with E-state index < -0.39 is 0 Å². The molecule has 1 aromatic heterocycles. The van der Waals surface area contributed by atoms with E-state index in [-0.39, 0.29) is 0 Å². The molecule has 0 bridgehead atoms. The minimum atomic E-state index is 0.839. The van der Waals surface area contributed by atoms with E-state index in [0.717, 1.165) is 42.1 Å². The number of aromatic nitrogens is 2. The highest BCUT2D eigenvalue weighted by molar-refractivity contribution is 5.56. The number of nitrogens with zero attached hydrogens (tertiary/aromatic N) is 1. The van der Waals surface area contributed by atoms with Crippen molar-refractivity contribution in [3.8, 4) is 0 Å². The van der Waals surface area contributed by atoms with Gasteiger partial charge >= 0.3 is 0 Å². The number of aryl methyl sites for hydroxylation is 2. The summed E-state index contributed by atoms with van der Waals surface area (Å²) < 4.78 is 0. The number of rotatable bonds is 5. The number of nitrogens with one attached hydrogen (secondary N) is 2. The van der Waals surface area contributed by atoms with Crippen LogP contribution in [0.1, 0.15) is 17.8 Å². The number of H-pyrrole nitrogens is 1. The van der Waals surface area contributed by atoms with Crippen molar-refractivity contribution in [3.63, 3.8) is 0 Å². The molecule has 0 amide bonds. The second-order valence-electron chi connectivity index (χ2n) is 4.14. The average molecular weight is 230 g/mol. The molecule has 1 aromatic carbocycles. The van der Waals surface area contributed by atoms with Crippen LogP contribution in [0.4, 0.5) is 11.4 Å². The predicted octanol–water partition coefficient (Wildman–Crippen LogP) is 2.35. The number of imidazole rings is 1. The molecular weight excluding hydrogens is 212 g/mol. The van der Waals surface area contributed by atoms with Crippen LogP contribution in [0.5, 0.6) is 0 Å². The minimum Gasteiger partial charge on any atom is -0.399 e. The van der Waals surface area contributed by atoms with Gasteiger partial charge in [0.25, 0.3) is 0 Å². The molecule has 0 saturated carbocycles. The van der Waals surface area contributed by atoms with Gasteiger partial charge in [-0.2, -0.15) is 0 Å². The lowest BCUT2D eigenvalue weighted by atomic mass is 10.2. The summed E-state index contributed by atoms with van der Waals surface area (Å²) in [6, 6.07) is 6.02. The van der Waals surface area contributed by atoms with Crippen molar-refractivity contribution in [1.82, 2.24) is 9.97 Å². The van der Waals surface area contributed by atoms with Gasteiger partial charge in [-0.05, 0) is 37.1 Å². The molecule has 2 rings (SSSR count). The largest absolute Gasteiger partial charge is 0.399 e. The summed E-state index contributed by atoms with van der Waals surface area (Å²) in [4.78, 5) is 7.28. The zero-order valence-corrected chi connectivity index (χ0v) is 10.0. The van der Waals surface area contributed by atoms with Crippen LogP contribution in [0, 0.1) is 6.92 Å². The maximum atomic E-state index is 5.77. The van der Waals surface area contributed by atoms with Crippen LogP contribution >= 0.6 is 0 Å². The van der Waals surface area contributed by atoms with Gasteiger partial charge in [-0.3, -0.25) is 0 Å². The Morgan fingerprint density at radius 3 is 3.00 bits per heavy atom. The van der Waals surface area contributed by atoms with Crippen molar-refractivity contribution in [1.29, 1.82) is 0 Å². The van der Waals surface area contributed by atoms with E-state index in [0.29, 0.717) is 0 Å². The summed E-state index contributed by atoms with van der Waals surface area (Å²) in [7, 11) is 0. The summed E-state index contributed by atoms with van der Waals surface area (Å²) in [6.07, 6.45) is 5.66. The monoisotopic (exact) mass is 230 g/mol. The van der Waals surface area contributed by atoms with Crippen LogP contribution in [-0.2, 0) is 6.42 Å². The molecule has 0 fully saturated rings. The third-order valence-electron chi connectivity index (χ3n) is 2.74.